The van der Waals surface area contributed by atoms with Crippen LogP contribution in [0.15, 0.2) is 0 Å². The van der Waals surface area contributed by atoms with Gasteiger partial charge in [-0.2, -0.15) is 0 Å². The minimum Gasteiger partial charge on any atom is -0.375 e. The van der Waals surface area contributed by atoms with Gasteiger partial charge in [0, 0.05) is 26.2 Å². The lowest BCUT2D eigenvalue weighted by atomic mass is 9.95. The maximum absolute atomic E-state index is 11.4. The molecule has 76 valence electrons. The molecule has 0 aromatic carbocycles. The highest BCUT2D eigenvalue weighted by Crippen LogP contribution is 2.14. The molecule has 2 unspecified atom stereocenters. The van der Waals surface area contributed by atoms with Crippen molar-refractivity contribution in [2.75, 3.05) is 26.8 Å². The molecule has 1 aliphatic heterocycles. The Balaban J connectivity index is 2.40. The van der Waals surface area contributed by atoms with Crippen molar-refractivity contribution in [1.29, 1.82) is 0 Å². The molecule has 0 aromatic rings. The van der Waals surface area contributed by atoms with Crippen LogP contribution in [0.1, 0.15) is 13.3 Å². The number of amides is 1. The number of likely N-dealkylation sites (tertiary alicyclic amines) is 1. The Labute approximate surface area is 79.0 Å². The zero-order valence-corrected chi connectivity index (χ0v) is 8.32. The van der Waals surface area contributed by atoms with Crippen LogP contribution < -0.4 is 5.73 Å². The summed E-state index contributed by atoms with van der Waals surface area (Å²) in [6.45, 7) is 3.80. The number of carbonyl (C=O) groups excluding carboxylic acids is 1. The highest BCUT2D eigenvalue weighted by Gasteiger charge is 2.25. The maximum Gasteiger partial charge on any atom is 0.248 e. The first kappa shape index (κ1) is 10.5. The molecule has 1 heterocycles. The van der Waals surface area contributed by atoms with Crippen LogP contribution in [0.4, 0.5) is 0 Å². The van der Waals surface area contributed by atoms with E-state index in [-0.39, 0.29) is 18.6 Å². The van der Waals surface area contributed by atoms with Crippen molar-refractivity contribution in [3.63, 3.8) is 0 Å². The van der Waals surface area contributed by atoms with E-state index in [1.165, 1.54) is 7.11 Å². The van der Waals surface area contributed by atoms with E-state index in [1.807, 2.05) is 4.90 Å². The van der Waals surface area contributed by atoms with Gasteiger partial charge in [0.1, 0.15) is 6.61 Å². The zero-order chi connectivity index (χ0) is 9.84. The van der Waals surface area contributed by atoms with E-state index < -0.39 is 0 Å². The molecule has 0 aliphatic carbocycles. The number of nitrogens with zero attached hydrogens (tertiary/aromatic N) is 1. The van der Waals surface area contributed by atoms with E-state index >= 15 is 0 Å². The molecular formula is C9H18N2O2. The lowest BCUT2D eigenvalue weighted by Gasteiger charge is -2.34. The Morgan fingerprint density at radius 1 is 1.69 bits per heavy atom. The summed E-state index contributed by atoms with van der Waals surface area (Å²) in [5.74, 6) is 0.468. The van der Waals surface area contributed by atoms with Crippen molar-refractivity contribution < 1.29 is 9.53 Å². The van der Waals surface area contributed by atoms with Crippen molar-refractivity contribution in [2.24, 2.45) is 11.7 Å². The van der Waals surface area contributed by atoms with E-state index in [0.717, 1.165) is 19.5 Å². The van der Waals surface area contributed by atoms with Crippen molar-refractivity contribution in [1.82, 2.24) is 4.90 Å². The molecule has 4 nitrogen and oxygen atoms in total. The number of nitrogens with two attached hydrogens (primary N) is 1. The lowest BCUT2D eigenvalue weighted by molar-refractivity contribution is -0.137. The zero-order valence-electron chi connectivity index (χ0n) is 8.32. The molecule has 0 aromatic heterocycles. The Morgan fingerprint density at radius 3 is 2.92 bits per heavy atom. The number of hydrogen-bond acceptors (Lipinski definition) is 3. The number of methoxy groups -OCH3 is 1. The largest absolute Gasteiger partial charge is 0.375 e. The predicted molar refractivity (Wildman–Crippen MR) is 50.2 cm³/mol. The third kappa shape index (κ3) is 2.67. The second-order valence-corrected chi connectivity index (χ2v) is 3.70. The molecule has 1 aliphatic rings. The fourth-order valence-corrected chi connectivity index (χ4v) is 1.61. The molecule has 0 spiro atoms. The molecule has 0 radical (unpaired) electrons. The number of rotatable bonds is 2. The first-order valence-corrected chi connectivity index (χ1v) is 4.67. The van der Waals surface area contributed by atoms with Crippen LogP contribution in [-0.2, 0) is 9.53 Å². The summed E-state index contributed by atoms with van der Waals surface area (Å²) in [6.07, 6.45) is 0.899. The number of hydrogen-bond donors (Lipinski definition) is 1. The molecular weight excluding hydrogens is 168 g/mol. The van der Waals surface area contributed by atoms with Gasteiger partial charge in [-0.15, -0.1) is 0 Å². The standard InChI is InChI=1S/C9H18N2O2/c1-7-5-11(4-3-8(7)10)9(12)6-13-2/h7-8H,3-6,10H2,1-2H3. The van der Waals surface area contributed by atoms with Gasteiger partial charge in [-0.05, 0) is 12.3 Å². The molecule has 2 N–H and O–H groups in total. The number of carbonyl (C=O) groups is 1. The predicted octanol–water partition coefficient (Wildman–Crippen LogP) is -0.171. The summed E-state index contributed by atoms with van der Waals surface area (Å²) in [4.78, 5) is 13.2. The molecule has 2 atom stereocenters. The van der Waals surface area contributed by atoms with E-state index in [9.17, 15) is 4.79 Å². The molecule has 1 saturated heterocycles. The van der Waals surface area contributed by atoms with Crippen LogP contribution in [0.2, 0.25) is 0 Å². The molecule has 13 heavy (non-hydrogen) atoms. The van der Waals surface area contributed by atoms with Crippen LogP contribution in [-0.4, -0.2) is 43.7 Å². The van der Waals surface area contributed by atoms with Crippen LogP contribution >= 0.6 is 0 Å². The SMILES string of the molecule is COCC(=O)N1CCC(N)C(C)C1. The van der Waals surface area contributed by atoms with E-state index in [1.54, 1.807) is 0 Å². The van der Waals surface area contributed by atoms with Gasteiger partial charge >= 0.3 is 0 Å². The van der Waals surface area contributed by atoms with Crippen LogP contribution in [0.3, 0.4) is 0 Å². The highest BCUT2D eigenvalue weighted by molar-refractivity contribution is 5.77. The summed E-state index contributed by atoms with van der Waals surface area (Å²) in [7, 11) is 1.54. The van der Waals surface area contributed by atoms with Crippen LogP contribution in [0.25, 0.3) is 0 Å². The van der Waals surface area contributed by atoms with Gasteiger partial charge in [0.2, 0.25) is 5.91 Å². The Hall–Kier alpha value is -0.610. The first-order valence-electron chi connectivity index (χ1n) is 4.67. The maximum atomic E-state index is 11.4. The van der Waals surface area contributed by atoms with Gasteiger partial charge in [0.15, 0.2) is 0 Å². The average Bonchev–Trinajstić information content (AvgIpc) is 2.10. The summed E-state index contributed by atoms with van der Waals surface area (Å²) in [6, 6.07) is 0.242. The van der Waals surface area contributed by atoms with E-state index in [4.69, 9.17) is 10.5 Å². The fourth-order valence-electron chi connectivity index (χ4n) is 1.61. The summed E-state index contributed by atoms with van der Waals surface area (Å²) >= 11 is 0. The second kappa shape index (κ2) is 4.58. The molecule has 1 fully saturated rings. The Kier molecular flexibility index (Phi) is 3.69. The van der Waals surface area contributed by atoms with Crippen LogP contribution in [0, 0.1) is 5.92 Å². The summed E-state index contributed by atoms with van der Waals surface area (Å²) < 4.78 is 4.80. The Bertz CT molecular complexity index is 184. The van der Waals surface area contributed by atoms with Crippen molar-refractivity contribution in [2.45, 2.75) is 19.4 Å². The third-order valence-electron chi connectivity index (χ3n) is 2.59. The van der Waals surface area contributed by atoms with Gasteiger partial charge in [0.05, 0.1) is 0 Å². The lowest BCUT2D eigenvalue weighted by Crippen LogP contribution is -2.49. The van der Waals surface area contributed by atoms with Gasteiger partial charge in [-0.1, -0.05) is 6.92 Å². The molecule has 0 bridgehead atoms. The molecule has 0 saturated carbocycles. The van der Waals surface area contributed by atoms with Crippen molar-refractivity contribution in [3.8, 4) is 0 Å². The van der Waals surface area contributed by atoms with Gasteiger partial charge in [-0.3, -0.25) is 4.79 Å². The van der Waals surface area contributed by atoms with Crippen molar-refractivity contribution in [3.05, 3.63) is 0 Å². The first-order chi connectivity index (χ1) is 6.15. The minimum absolute atomic E-state index is 0.0706. The Morgan fingerprint density at radius 2 is 2.38 bits per heavy atom. The van der Waals surface area contributed by atoms with E-state index in [0.29, 0.717) is 5.92 Å². The van der Waals surface area contributed by atoms with E-state index in [2.05, 4.69) is 6.92 Å². The van der Waals surface area contributed by atoms with Gasteiger partial charge in [0.25, 0.3) is 0 Å². The minimum atomic E-state index is 0.0706. The number of ether oxygens (including phenoxy) is 1. The highest BCUT2D eigenvalue weighted by atomic mass is 16.5. The smallest absolute Gasteiger partial charge is 0.248 e. The topological polar surface area (TPSA) is 55.6 Å². The third-order valence-corrected chi connectivity index (χ3v) is 2.59. The van der Waals surface area contributed by atoms with Gasteiger partial charge in [-0.25, -0.2) is 0 Å². The fraction of sp³-hybridized carbons (Fsp3) is 0.889. The monoisotopic (exact) mass is 186 g/mol. The van der Waals surface area contributed by atoms with Crippen LogP contribution in [0.5, 0.6) is 0 Å². The number of piperidine rings is 1. The second-order valence-electron chi connectivity index (χ2n) is 3.70. The summed E-state index contributed by atoms with van der Waals surface area (Å²) in [5, 5.41) is 0. The molecule has 1 rings (SSSR count). The quantitative estimate of drug-likeness (QED) is 0.651. The molecule has 4 heteroatoms. The summed E-state index contributed by atoms with van der Waals surface area (Å²) in [5.41, 5.74) is 5.85. The van der Waals surface area contributed by atoms with Gasteiger partial charge < -0.3 is 15.4 Å². The molecule has 1 amide bonds. The normalized spacial score (nSPS) is 29.0. The average molecular weight is 186 g/mol. The van der Waals surface area contributed by atoms with Crippen molar-refractivity contribution >= 4 is 5.91 Å².